The van der Waals surface area contributed by atoms with E-state index in [-0.39, 0.29) is 58.9 Å². The largest absolute Gasteiger partial charge is 0.481 e. The fourth-order valence-electron chi connectivity index (χ4n) is 5.69. The molecule has 1 N–H and O–H groups in total. The highest BCUT2D eigenvalue weighted by Crippen LogP contribution is 2.41. The molecule has 0 saturated carbocycles. The molecule has 52 heavy (non-hydrogen) atoms. The summed E-state index contributed by atoms with van der Waals surface area (Å²) < 4.78 is 104. The number of fused-ring (bicyclic) bond motifs is 1. The number of nitrogens with one attached hydrogen (secondary N) is 1. The molecule has 3 heterocycles. The van der Waals surface area contributed by atoms with E-state index in [1.165, 1.54) is 49.6 Å². The number of nitrogens with zero attached hydrogens (tertiary/aromatic N) is 4. The van der Waals surface area contributed by atoms with Crippen LogP contribution in [0, 0.1) is 0 Å². The molecular weight excluding hydrogens is 700 g/mol. The van der Waals surface area contributed by atoms with Gasteiger partial charge in [-0.1, -0.05) is 6.92 Å². The molecule has 0 bridgehead atoms. The van der Waals surface area contributed by atoms with Crippen molar-refractivity contribution in [3.05, 3.63) is 94.4 Å². The Hall–Kier alpha value is -5.61. The van der Waals surface area contributed by atoms with Gasteiger partial charge in [0.15, 0.2) is 5.75 Å². The molecule has 276 valence electrons. The van der Waals surface area contributed by atoms with Crippen LogP contribution in [0.3, 0.4) is 0 Å². The molecule has 2 aromatic heterocycles. The van der Waals surface area contributed by atoms with Crippen molar-refractivity contribution in [3.63, 3.8) is 0 Å². The monoisotopic (exact) mass is 733 g/mol. The van der Waals surface area contributed by atoms with Crippen molar-refractivity contribution in [1.82, 2.24) is 15.0 Å². The second-order valence-corrected chi connectivity index (χ2v) is 11.5. The SMILES string of the molecule is CCOC(=O)N1c2ccc(OC)nc2[C@@H](Nc2ncc(Oc3ccc(C(=O)OC)cc3)c(Cc3cc(C(F)(F)F)cc(C(F)(F)F)c3)n2)C[C@H]1CC. The van der Waals surface area contributed by atoms with Crippen LogP contribution in [0.15, 0.2) is 60.8 Å². The van der Waals surface area contributed by atoms with Gasteiger partial charge in [-0.25, -0.2) is 24.5 Å². The summed E-state index contributed by atoms with van der Waals surface area (Å²) in [5.41, 5.74) is -2.34. The van der Waals surface area contributed by atoms with Crippen molar-refractivity contribution in [2.24, 2.45) is 0 Å². The third-order valence-corrected chi connectivity index (χ3v) is 8.14. The van der Waals surface area contributed by atoms with Gasteiger partial charge in [-0.3, -0.25) is 4.90 Å². The number of aromatic nitrogens is 3. The first kappa shape index (κ1) is 37.6. The van der Waals surface area contributed by atoms with Crippen LogP contribution in [0.25, 0.3) is 0 Å². The number of esters is 1. The van der Waals surface area contributed by atoms with E-state index in [0.29, 0.717) is 36.4 Å². The number of ether oxygens (including phenoxy) is 4. The highest BCUT2D eigenvalue weighted by molar-refractivity contribution is 5.90. The average Bonchev–Trinajstić information content (AvgIpc) is 3.11. The van der Waals surface area contributed by atoms with E-state index in [2.05, 4.69) is 20.3 Å². The predicted molar refractivity (Wildman–Crippen MR) is 174 cm³/mol. The lowest BCUT2D eigenvalue weighted by atomic mass is 9.93. The number of carbonyl (C=O) groups excluding carboxylic acids is 2. The molecule has 1 aliphatic rings. The summed E-state index contributed by atoms with van der Waals surface area (Å²) in [5, 5.41) is 3.17. The summed E-state index contributed by atoms with van der Waals surface area (Å²) in [6, 6.07) is 9.19. The van der Waals surface area contributed by atoms with Gasteiger partial charge in [0.05, 0.1) is 66.8 Å². The lowest BCUT2D eigenvalue weighted by Crippen LogP contribution is -2.46. The Balaban J connectivity index is 1.57. The lowest BCUT2D eigenvalue weighted by molar-refractivity contribution is -0.143. The van der Waals surface area contributed by atoms with Gasteiger partial charge in [0, 0.05) is 18.5 Å². The molecule has 2 atom stereocenters. The van der Waals surface area contributed by atoms with Crippen LogP contribution < -0.4 is 19.7 Å². The van der Waals surface area contributed by atoms with Crippen molar-refractivity contribution in [3.8, 4) is 17.4 Å². The van der Waals surface area contributed by atoms with Crippen molar-refractivity contribution < 1.29 is 54.9 Å². The van der Waals surface area contributed by atoms with Crippen molar-refractivity contribution >= 4 is 23.7 Å². The Morgan fingerprint density at radius 3 is 2.17 bits per heavy atom. The normalized spacial score (nSPS) is 15.8. The fraction of sp³-hybridized carbons (Fsp3) is 0.343. The van der Waals surface area contributed by atoms with Crippen molar-refractivity contribution in [1.29, 1.82) is 0 Å². The summed E-state index contributed by atoms with van der Waals surface area (Å²) >= 11 is 0. The standard InChI is InChI=1S/C35H33F6N5O6/c1-5-23-17-26(30-27(11-12-29(45-30)49-3)46(23)33(48)51-6-2)44-32-42-18-28(52-24-9-7-20(8-10-24)31(47)50-4)25(43-32)15-19-13-21(34(36,37)38)16-22(14-19)35(39,40)41/h7-14,16,18,23,26H,5-6,15,17H2,1-4H3,(H,42,43,44)/t23-,26+/m1/s1. The molecule has 0 spiro atoms. The Labute approximate surface area is 293 Å². The van der Waals surface area contributed by atoms with E-state index in [9.17, 15) is 35.9 Å². The molecule has 0 saturated heterocycles. The molecule has 0 aliphatic carbocycles. The molecule has 0 unspecified atom stereocenters. The smallest absolute Gasteiger partial charge is 0.416 e. The third-order valence-electron chi connectivity index (χ3n) is 8.14. The van der Waals surface area contributed by atoms with Crippen molar-refractivity contribution in [2.75, 3.05) is 31.0 Å². The van der Waals surface area contributed by atoms with Crippen LogP contribution in [-0.2, 0) is 28.2 Å². The maximum Gasteiger partial charge on any atom is 0.416 e. The van der Waals surface area contributed by atoms with Gasteiger partial charge in [-0.05, 0) is 73.9 Å². The van der Waals surface area contributed by atoms with E-state index in [0.717, 1.165) is 0 Å². The number of benzene rings is 2. The molecule has 5 rings (SSSR count). The van der Waals surface area contributed by atoms with E-state index in [4.69, 9.17) is 18.9 Å². The topological polar surface area (TPSA) is 125 Å². The molecule has 11 nitrogen and oxygen atoms in total. The van der Waals surface area contributed by atoms with E-state index in [1.54, 1.807) is 19.1 Å². The Morgan fingerprint density at radius 2 is 1.60 bits per heavy atom. The molecule has 2 aromatic carbocycles. The number of hydrogen-bond donors (Lipinski definition) is 1. The number of pyridine rings is 1. The van der Waals surface area contributed by atoms with Crippen LogP contribution in [-0.4, -0.2) is 53.9 Å². The Bertz CT molecular complexity index is 1890. The maximum absolute atomic E-state index is 13.7. The van der Waals surface area contributed by atoms with Gasteiger partial charge in [-0.2, -0.15) is 26.3 Å². The van der Waals surface area contributed by atoms with Crippen LogP contribution in [0.1, 0.15) is 71.2 Å². The number of anilines is 2. The van der Waals surface area contributed by atoms with Crippen LogP contribution >= 0.6 is 0 Å². The first-order valence-electron chi connectivity index (χ1n) is 15.9. The van der Waals surface area contributed by atoms with E-state index < -0.39 is 48.0 Å². The van der Waals surface area contributed by atoms with Crippen molar-refractivity contribution in [2.45, 2.75) is 57.5 Å². The molecular formula is C35H33F6N5O6. The minimum Gasteiger partial charge on any atom is -0.481 e. The quantitative estimate of drug-likeness (QED) is 0.126. The number of halogens is 6. The van der Waals surface area contributed by atoms with Crippen LogP contribution in [0.5, 0.6) is 17.4 Å². The zero-order valence-electron chi connectivity index (χ0n) is 28.3. The van der Waals surface area contributed by atoms with E-state index >= 15 is 0 Å². The van der Waals surface area contributed by atoms with Crippen LogP contribution in [0.4, 0.5) is 42.8 Å². The van der Waals surface area contributed by atoms with Gasteiger partial charge in [0.25, 0.3) is 0 Å². The molecule has 17 heteroatoms. The number of hydrogen-bond acceptors (Lipinski definition) is 10. The van der Waals surface area contributed by atoms with Gasteiger partial charge in [-0.15, -0.1) is 0 Å². The fourth-order valence-corrected chi connectivity index (χ4v) is 5.69. The van der Waals surface area contributed by atoms with Crippen LogP contribution in [0.2, 0.25) is 0 Å². The van der Waals surface area contributed by atoms with Gasteiger partial charge < -0.3 is 24.3 Å². The predicted octanol–water partition coefficient (Wildman–Crippen LogP) is 8.39. The second-order valence-electron chi connectivity index (χ2n) is 11.5. The number of alkyl halides is 6. The summed E-state index contributed by atoms with van der Waals surface area (Å²) in [7, 11) is 2.63. The summed E-state index contributed by atoms with van der Waals surface area (Å²) in [5.74, 6) is -0.320. The van der Waals surface area contributed by atoms with Gasteiger partial charge in [0.2, 0.25) is 11.8 Å². The number of carbonyl (C=O) groups is 2. The van der Waals surface area contributed by atoms with Gasteiger partial charge in [0.1, 0.15) is 5.75 Å². The number of methoxy groups -OCH3 is 2. The minimum absolute atomic E-state index is 0.0439. The highest BCUT2D eigenvalue weighted by Gasteiger charge is 2.39. The maximum atomic E-state index is 13.7. The molecule has 0 radical (unpaired) electrons. The van der Waals surface area contributed by atoms with E-state index in [1.807, 2.05) is 6.92 Å². The third kappa shape index (κ3) is 8.46. The first-order valence-corrected chi connectivity index (χ1v) is 15.9. The number of rotatable bonds is 10. The lowest BCUT2D eigenvalue weighted by Gasteiger charge is -2.39. The van der Waals surface area contributed by atoms with Gasteiger partial charge >= 0.3 is 24.4 Å². The highest BCUT2D eigenvalue weighted by atomic mass is 19.4. The average molecular weight is 734 g/mol. The summed E-state index contributed by atoms with van der Waals surface area (Å²) in [6.07, 6.45) is -9.18. The summed E-state index contributed by atoms with van der Waals surface area (Å²) in [4.78, 5) is 39.8. The zero-order chi connectivity index (χ0) is 37.8. The Kier molecular flexibility index (Phi) is 11.1. The number of amides is 1. The second kappa shape index (κ2) is 15.3. The minimum atomic E-state index is -5.06. The Morgan fingerprint density at radius 1 is 0.923 bits per heavy atom. The first-order chi connectivity index (χ1) is 24.6. The molecule has 4 aromatic rings. The zero-order valence-corrected chi connectivity index (χ0v) is 28.3. The molecule has 1 aliphatic heterocycles. The molecule has 0 fully saturated rings. The summed E-state index contributed by atoms with van der Waals surface area (Å²) in [6.45, 7) is 3.71. The molecule has 1 amide bonds.